The number of aryl methyl sites for hydroxylation is 1. The van der Waals surface area contributed by atoms with E-state index in [1.165, 1.54) is 6.42 Å². The van der Waals surface area contributed by atoms with Crippen molar-refractivity contribution in [3.8, 4) is 0 Å². The molecule has 0 saturated carbocycles. The van der Waals surface area contributed by atoms with Gasteiger partial charge in [-0.2, -0.15) is 4.98 Å². The van der Waals surface area contributed by atoms with Crippen LogP contribution in [0.4, 0.5) is 0 Å². The zero-order valence-corrected chi connectivity index (χ0v) is 12.0. The first-order valence-corrected chi connectivity index (χ1v) is 7.55. The second-order valence-electron chi connectivity index (χ2n) is 5.24. The molecular formula is C13H18N4OS. The van der Waals surface area contributed by atoms with E-state index in [1.54, 1.807) is 11.3 Å². The SMILES string of the molecule is Cc1csc(Cc2noc(C3CC(C)CCN3)n2)n1. The third-order valence-corrected chi connectivity index (χ3v) is 4.39. The molecule has 2 aromatic heterocycles. The van der Waals surface area contributed by atoms with Crippen LogP contribution in [0, 0.1) is 12.8 Å². The number of rotatable bonds is 3. The molecular weight excluding hydrogens is 260 g/mol. The van der Waals surface area contributed by atoms with Crippen LogP contribution < -0.4 is 5.32 Å². The number of piperidine rings is 1. The Hall–Kier alpha value is -1.27. The lowest BCUT2D eigenvalue weighted by molar-refractivity contribution is 0.259. The predicted molar refractivity (Wildman–Crippen MR) is 73.1 cm³/mol. The standard InChI is InChI=1S/C13H18N4OS/c1-8-3-4-14-10(5-8)13-16-11(17-18-13)6-12-15-9(2)7-19-12/h7-8,10,14H,3-6H2,1-2H3. The molecule has 102 valence electrons. The third-order valence-electron chi connectivity index (χ3n) is 3.42. The average molecular weight is 278 g/mol. The summed E-state index contributed by atoms with van der Waals surface area (Å²) < 4.78 is 5.38. The number of hydrogen-bond donors (Lipinski definition) is 1. The van der Waals surface area contributed by atoms with E-state index in [9.17, 15) is 0 Å². The van der Waals surface area contributed by atoms with Gasteiger partial charge in [-0.15, -0.1) is 11.3 Å². The highest BCUT2D eigenvalue weighted by molar-refractivity contribution is 7.09. The van der Waals surface area contributed by atoms with E-state index in [1.807, 2.05) is 12.3 Å². The van der Waals surface area contributed by atoms with Crippen molar-refractivity contribution in [2.75, 3.05) is 6.54 Å². The molecule has 0 aromatic carbocycles. The van der Waals surface area contributed by atoms with Gasteiger partial charge in [0, 0.05) is 11.1 Å². The van der Waals surface area contributed by atoms with E-state index in [4.69, 9.17) is 4.52 Å². The van der Waals surface area contributed by atoms with Gasteiger partial charge in [-0.05, 0) is 32.2 Å². The van der Waals surface area contributed by atoms with Gasteiger partial charge in [-0.1, -0.05) is 12.1 Å². The molecule has 0 aliphatic carbocycles. The van der Waals surface area contributed by atoms with E-state index in [-0.39, 0.29) is 6.04 Å². The maximum atomic E-state index is 5.38. The maximum absolute atomic E-state index is 5.38. The van der Waals surface area contributed by atoms with Gasteiger partial charge in [0.25, 0.3) is 0 Å². The fourth-order valence-corrected chi connectivity index (χ4v) is 3.16. The largest absolute Gasteiger partial charge is 0.338 e. The van der Waals surface area contributed by atoms with Crippen LogP contribution in [0.15, 0.2) is 9.90 Å². The number of aromatic nitrogens is 3. The molecule has 0 spiro atoms. The molecule has 3 rings (SSSR count). The summed E-state index contributed by atoms with van der Waals surface area (Å²) in [7, 11) is 0. The minimum Gasteiger partial charge on any atom is -0.338 e. The highest BCUT2D eigenvalue weighted by Gasteiger charge is 2.24. The summed E-state index contributed by atoms with van der Waals surface area (Å²) in [5.41, 5.74) is 1.05. The van der Waals surface area contributed by atoms with Gasteiger partial charge < -0.3 is 9.84 Å². The zero-order valence-electron chi connectivity index (χ0n) is 11.2. The third kappa shape index (κ3) is 3.01. The fourth-order valence-electron chi connectivity index (χ4n) is 2.40. The average Bonchev–Trinajstić information content (AvgIpc) is 2.99. The highest BCUT2D eigenvalue weighted by atomic mass is 32.1. The van der Waals surface area contributed by atoms with Crippen LogP contribution >= 0.6 is 11.3 Å². The lowest BCUT2D eigenvalue weighted by atomic mass is 9.94. The first-order valence-electron chi connectivity index (χ1n) is 6.67. The van der Waals surface area contributed by atoms with Crippen molar-refractivity contribution in [1.82, 2.24) is 20.4 Å². The molecule has 3 heterocycles. The van der Waals surface area contributed by atoms with Crippen LogP contribution in [-0.4, -0.2) is 21.7 Å². The van der Waals surface area contributed by atoms with Crippen molar-refractivity contribution in [3.63, 3.8) is 0 Å². The minimum atomic E-state index is 0.211. The molecule has 0 amide bonds. The molecule has 5 nitrogen and oxygen atoms in total. The molecule has 2 aromatic rings. The van der Waals surface area contributed by atoms with Crippen LogP contribution in [0.25, 0.3) is 0 Å². The van der Waals surface area contributed by atoms with E-state index < -0.39 is 0 Å². The Morgan fingerprint density at radius 2 is 2.37 bits per heavy atom. The van der Waals surface area contributed by atoms with Gasteiger partial charge in [0.2, 0.25) is 5.89 Å². The van der Waals surface area contributed by atoms with Gasteiger partial charge >= 0.3 is 0 Å². The van der Waals surface area contributed by atoms with Crippen LogP contribution in [0.5, 0.6) is 0 Å². The van der Waals surface area contributed by atoms with Crippen molar-refractivity contribution in [2.24, 2.45) is 5.92 Å². The lowest BCUT2D eigenvalue weighted by Crippen LogP contribution is -2.30. The van der Waals surface area contributed by atoms with E-state index in [2.05, 4.69) is 27.4 Å². The zero-order chi connectivity index (χ0) is 13.2. The first-order chi connectivity index (χ1) is 9.20. The Bertz CT molecular complexity index is 550. The summed E-state index contributed by atoms with van der Waals surface area (Å²) in [6.45, 7) is 5.29. The molecule has 1 N–H and O–H groups in total. The smallest absolute Gasteiger partial charge is 0.243 e. The normalized spacial score (nSPS) is 23.7. The second kappa shape index (κ2) is 5.38. The van der Waals surface area contributed by atoms with Crippen LogP contribution in [0.2, 0.25) is 0 Å². The van der Waals surface area contributed by atoms with Crippen molar-refractivity contribution in [2.45, 2.75) is 39.2 Å². The van der Waals surface area contributed by atoms with Crippen LogP contribution in [-0.2, 0) is 6.42 Å². The monoisotopic (exact) mass is 278 g/mol. The maximum Gasteiger partial charge on any atom is 0.243 e. The molecule has 2 unspecified atom stereocenters. The predicted octanol–water partition coefficient (Wildman–Crippen LogP) is 2.49. The van der Waals surface area contributed by atoms with Crippen LogP contribution in [0.1, 0.15) is 48.2 Å². The van der Waals surface area contributed by atoms with Crippen molar-refractivity contribution in [1.29, 1.82) is 0 Å². The summed E-state index contributed by atoms with van der Waals surface area (Å²) in [6, 6.07) is 0.211. The summed E-state index contributed by atoms with van der Waals surface area (Å²) in [5.74, 6) is 2.16. The Kier molecular flexibility index (Phi) is 3.61. The molecule has 6 heteroatoms. The van der Waals surface area contributed by atoms with Gasteiger partial charge in [0.1, 0.15) is 5.01 Å². The summed E-state index contributed by atoms with van der Waals surface area (Å²) in [4.78, 5) is 8.92. The van der Waals surface area contributed by atoms with Crippen molar-refractivity contribution < 1.29 is 4.52 Å². The highest BCUT2D eigenvalue weighted by Crippen LogP contribution is 2.26. The van der Waals surface area contributed by atoms with Gasteiger partial charge in [0.15, 0.2) is 5.82 Å². The molecule has 1 saturated heterocycles. The number of thiazole rings is 1. The summed E-state index contributed by atoms with van der Waals surface area (Å²) in [5, 5.41) is 10.6. The molecule has 1 aliphatic heterocycles. The topological polar surface area (TPSA) is 63.8 Å². The summed E-state index contributed by atoms with van der Waals surface area (Å²) in [6.07, 6.45) is 2.94. The quantitative estimate of drug-likeness (QED) is 0.934. The van der Waals surface area contributed by atoms with Crippen LogP contribution in [0.3, 0.4) is 0 Å². The number of nitrogens with zero attached hydrogens (tertiary/aromatic N) is 3. The fraction of sp³-hybridized carbons (Fsp3) is 0.615. The number of hydrogen-bond acceptors (Lipinski definition) is 6. The van der Waals surface area contributed by atoms with E-state index in [0.29, 0.717) is 12.3 Å². The molecule has 1 fully saturated rings. The molecule has 19 heavy (non-hydrogen) atoms. The molecule has 2 atom stereocenters. The molecule has 0 bridgehead atoms. The Morgan fingerprint density at radius 1 is 1.47 bits per heavy atom. The van der Waals surface area contributed by atoms with E-state index >= 15 is 0 Å². The van der Waals surface area contributed by atoms with Crippen molar-refractivity contribution >= 4 is 11.3 Å². The van der Waals surface area contributed by atoms with Gasteiger partial charge in [0.05, 0.1) is 12.5 Å². The molecule has 1 aliphatic rings. The Morgan fingerprint density at radius 3 is 3.11 bits per heavy atom. The Balaban J connectivity index is 1.69. The second-order valence-corrected chi connectivity index (χ2v) is 6.19. The Labute approximate surface area is 116 Å². The molecule has 0 radical (unpaired) electrons. The van der Waals surface area contributed by atoms with Crippen molar-refractivity contribution in [3.05, 3.63) is 27.8 Å². The van der Waals surface area contributed by atoms with Gasteiger partial charge in [-0.25, -0.2) is 4.98 Å². The number of nitrogens with one attached hydrogen (secondary N) is 1. The van der Waals surface area contributed by atoms with E-state index in [0.717, 1.165) is 35.4 Å². The summed E-state index contributed by atoms with van der Waals surface area (Å²) >= 11 is 1.64. The van der Waals surface area contributed by atoms with Gasteiger partial charge in [-0.3, -0.25) is 0 Å². The lowest BCUT2D eigenvalue weighted by Gasteiger charge is -2.25. The first kappa shape index (κ1) is 12.7. The minimum absolute atomic E-state index is 0.211.